The van der Waals surface area contributed by atoms with Gasteiger partial charge in [0, 0.05) is 5.56 Å². The Morgan fingerprint density at radius 3 is 1.92 bits per heavy atom. The number of hydrogen-bond acceptors (Lipinski definition) is 3. The van der Waals surface area contributed by atoms with E-state index in [-0.39, 0.29) is 11.1 Å². The SMILES string of the molecule is O=C(O)c1cccc(C(=O)Oc2ccccc2)c1-c1ccccc1. The first kappa shape index (κ1) is 15.5. The van der Waals surface area contributed by atoms with Crippen molar-refractivity contribution in [1.29, 1.82) is 0 Å². The van der Waals surface area contributed by atoms with Crippen LogP contribution in [0.25, 0.3) is 11.1 Å². The van der Waals surface area contributed by atoms with Crippen LogP contribution in [0.2, 0.25) is 0 Å². The molecule has 0 aliphatic heterocycles. The van der Waals surface area contributed by atoms with Gasteiger partial charge in [0.2, 0.25) is 0 Å². The summed E-state index contributed by atoms with van der Waals surface area (Å²) in [5.41, 5.74) is 1.27. The minimum absolute atomic E-state index is 0.0590. The largest absolute Gasteiger partial charge is 0.478 e. The zero-order valence-corrected chi connectivity index (χ0v) is 12.7. The summed E-state index contributed by atoms with van der Waals surface area (Å²) < 4.78 is 5.37. The number of ether oxygens (including phenoxy) is 1. The van der Waals surface area contributed by atoms with Crippen molar-refractivity contribution in [2.45, 2.75) is 0 Å². The molecule has 0 bridgehead atoms. The molecule has 4 nitrogen and oxygen atoms in total. The minimum atomic E-state index is -1.09. The molecule has 4 heteroatoms. The number of carboxylic acid groups (broad SMARTS) is 1. The van der Waals surface area contributed by atoms with Gasteiger partial charge in [-0.2, -0.15) is 0 Å². The average molecular weight is 318 g/mol. The fourth-order valence-corrected chi connectivity index (χ4v) is 2.47. The molecule has 0 saturated carbocycles. The molecule has 0 unspecified atom stereocenters. The van der Waals surface area contributed by atoms with Crippen LogP contribution in [0.4, 0.5) is 0 Å². The number of esters is 1. The van der Waals surface area contributed by atoms with Crippen LogP contribution < -0.4 is 4.74 Å². The molecule has 0 heterocycles. The van der Waals surface area contributed by atoms with Crippen LogP contribution in [0, 0.1) is 0 Å². The van der Waals surface area contributed by atoms with Gasteiger partial charge < -0.3 is 9.84 Å². The number of para-hydroxylation sites is 1. The summed E-state index contributed by atoms with van der Waals surface area (Å²) in [5.74, 6) is -1.28. The van der Waals surface area contributed by atoms with E-state index in [9.17, 15) is 14.7 Å². The zero-order valence-electron chi connectivity index (χ0n) is 12.7. The van der Waals surface area contributed by atoms with Crippen LogP contribution in [0.5, 0.6) is 5.75 Å². The third-order valence-corrected chi connectivity index (χ3v) is 3.53. The zero-order chi connectivity index (χ0) is 16.9. The number of rotatable bonds is 4. The molecule has 0 atom stereocenters. The number of aromatic carboxylic acids is 1. The molecule has 0 aromatic heterocycles. The third kappa shape index (κ3) is 3.17. The van der Waals surface area contributed by atoms with E-state index in [4.69, 9.17) is 4.74 Å². The first-order valence-corrected chi connectivity index (χ1v) is 7.36. The molecule has 3 aromatic rings. The number of hydrogen-bond donors (Lipinski definition) is 1. The molecule has 3 aromatic carbocycles. The third-order valence-electron chi connectivity index (χ3n) is 3.53. The fraction of sp³-hybridized carbons (Fsp3) is 0. The highest BCUT2D eigenvalue weighted by Crippen LogP contribution is 2.29. The molecule has 3 rings (SSSR count). The Hall–Kier alpha value is -3.40. The number of carboxylic acids is 1. The van der Waals surface area contributed by atoms with Crippen LogP contribution in [0.1, 0.15) is 20.7 Å². The molecule has 1 N–H and O–H groups in total. The summed E-state index contributed by atoms with van der Waals surface area (Å²) in [4.78, 5) is 24.1. The lowest BCUT2D eigenvalue weighted by atomic mass is 9.94. The number of carbonyl (C=O) groups excluding carboxylic acids is 1. The summed E-state index contributed by atoms with van der Waals surface area (Å²) in [6.07, 6.45) is 0. The van der Waals surface area contributed by atoms with Crippen LogP contribution in [-0.2, 0) is 0 Å². The normalized spacial score (nSPS) is 10.2. The van der Waals surface area contributed by atoms with Gasteiger partial charge in [0.05, 0.1) is 11.1 Å². The minimum Gasteiger partial charge on any atom is -0.478 e. The van der Waals surface area contributed by atoms with Gasteiger partial charge in [-0.15, -0.1) is 0 Å². The van der Waals surface area contributed by atoms with E-state index in [1.165, 1.54) is 12.1 Å². The molecule has 0 fully saturated rings. The quantitative estimate of drug-likeness (QED) is 0.576. The van der Waals surface area contributed by atoms with Gasteiger partial charge in [-0.3, -0.25) is 0 Å². The Morgan fingerprint density at radius 1 is 0.708 bits per heavy atom. The van der Waals surface area contributed by atoms with Gasteiger partial charge in [-0.25, -0.2) is 9.59 Å². The lowest BCUT2D eigenvalue weighted by Gasteiger charge is -2.12. The Morgan fingerprint density at radius 2 is 1.29 bits per heavy atom. The monoisotopic (exact) mass is 318 g/mol. The second-order valence-corrected chi connectivity index (χ2v) is 5.10. The molecule has 24 heavy (non-hydrogen) atoms. The second kappa shape index (κ2) is 6.79. The van der Waals surface area contributed by atoms with Crippen molar-refractivity contribution >= 4 is 11.9 Å². The number of carbonyl (C=O) groups is 2. The van der Waals surface area contributed by atoms with Crippen molar-refractivity contribution in [1.82, 2.24) is 0 Å². The molecule has 0 spiro atoms. The van der Waals surface area contributed by atoms with E-state index in [0.29, 0.717) is 16.9 Å². The first-order valence-electron chi connectivity index (χ1n) is 7.36. The fourth-order valence-electron chi connectivity index (χ4n) is 2.47. The Labute approximate surface area is 139 Å². The second-order valence-electron chi connectivity index (χ2n) is 5.10. The van der Waals surface area contributed by atoms with E-state index >= 15 is 0 Å². The highest BCUT2D eigenvalue weighted by molar-refractivity contribution is 6.05. The van der Waals surface area contributed by atoms with Crippen LogP contribution >= 0.6 is 0 Å². The van der Waals surface area contributed by atoms with Crippen LogP contribution in [-0.4, -0.2) is 17.0 Å². The van der Waals surface area contributed by atoms with Gasteiger partial charge >= 0.3 is 11.9 Å². The smallest absolute Gasteiger partial charge is 0.344 e. The van der Waals surface area contributed by atoms with Crippen molar-refractivity contribution < 1.29 is 19.4 Å². The molecule has 0 saturated heterocycles. The van der Waals surface area contributed by atoms with E-state index in [1.54, 1.807) is 54.6 Å². The number of benzene rings is 3. The lowest BCUT2D eigenvalue weighted by molar-refractivity contribution is 0.0697. The highest BCUT2D eigenvalue weighted by atomic mass is 16.5. The van der Waals surface area contributed by atoms with Crippen LogP contribution in [0.3, 0.4) is 0 Å². The van der Waals surface area contributed by atoms with Gasteiger partial charge in [0.25, 0.3) is 0 Å². The summed E-state index contributed by atoms with van der Waals surface area (Å²) in [5, 5.41) is 9.47. The first-order chi connectivity index (χ1) is 11.7. The van der Waals surface area contributed by atoms with E-state index in [2.05, 4.69) is 0 Å². The predicted octanol–water partition coefficient (Wildman–Crippen LogP) is 4.27. The van der Waals surface area contributed by atoms with Gasteiger partial charge in [-0.1, -0.05) is 54.6 Å². The van der Waals surface area contributed by atoms with Gasteiger partial charge in [-0.05, 0) is 29.8 Å². The predicted molar refractivity (Wildman–Crippen MR) is 90.2 cm³/mol. The maximum Gasteiger partial charge on any atom is 0.344 e. The van der Waals surface area contributed by atoms with Gasteiger partial charge in [0.15, 0.2) is 0 Å². The molecular weight excluding hydrogens is 304 g/mol. The molecule has 0 amide bonds. The Balaban J connectivity index is 2.09. The molecule has 0 aliphatic carbocycles. The van der Waals surface area contributed by atoms with Gasteiger partial charge in [0.1, 0.15) is 5.75 Å². The Bertz CT molecular complexity index is 871. The van der Waals surface area contributed by atoms with Crippen molar-refractivity contribution in [3.05, 3.63) is 90.0 Å². The van der Waals surface area contributed by atoms with Crippen molar-refractivity contribution in [2.24, 2.45) is 0 Å². The van der Waals surface area contributed by atoms with E-state index < -0.39 is 11.9 Å². The summed E-state index contributed by atoms with van der Waals surface area (Å²) in [7, 11) is 0. The van der Waals surface area contributed by atoms with E-state index in [1.807, 2.05) is 12.1 Å². The topological polar surface area (TPSA) is 63.6 Å². The average Bonchev–Trinajstić information content (AvgIpc) is 2.62. The maximum absolute atomic E-state index is 12.6. The highest BCUT2D eigenvalue weighted by Gasteiger charge is 2.21. The molecule has 0 radical (unpaired) electrons. The summed E-state index contributed by atoms with van der Waals surface area (Å²) >= 11 is 0. The van der Waals surface area contributed by atoms with Crippen molar-refractivity contribution in [2.75, 3.05) is 0 Å². The maximum atomic E-state index is 12.6. The summed E-state index contributed by atoms with van der Waals surface area (Å²) in [6.45, 7) is 0. The molecule has 0 aliphatic rings. The molecular formula is C20H14O4. The Kier molecular flexibility index (Phi) is 4.38. The standard InChI is InChI=1S/C20H14O4/c21-19(22)16-12-7-13-17(18(16)14-8-3-1-4-9-14)20(23)24-15-10-5-2-6-11-15/h1-13H,(H,21,22). The van der Waals surface area contributed by atoms with Crippen LogP contribution in [0.15, 0.2) is 78.9 Å². The van der Waals surface area contributed by atoms with E-state index in [0.717, 1.165) is 0 Å². The van der Waals surface area contributed by atoms with Crippen molar-refractivity contribution in [3.63, 3.8) is 0 Å². The summed E-state index contributed by atoms with van der Waals surface area (Å²) in [6, 6.07) is 22.2. The molecule has 118 valence electrons. The lowest BCUT2D eigenvalue weighted by Crippen LogP contribution is -2.12. The van der Waals surface area contributed by atoms with Crippen molar-refractivity contribution in [3.8, 4) is 16.9 Å².